The van der Waals surface area contributed by atoms with E-state index in [1.165, 1.54) is 25.7 Å². The molecule has 0 amide bonds. The van der Waals surface area contributed by atoms with E-state index in [0.29, 0.717) is 0 Å². The fourth-order valence-electron chi connectivity index (χ4n) is 0.636. The van der Waals surface area contributed by atoms with Crippen LogP contribution in [-0.2, 0) is 0 Å². The molecule has 0 aromatic heterocycles. The van der Waals surface area contributed by atoms with Crippen molar-refractivity contribution in [3.63, 3.8) is 0 Å². The number of unbranched alkanes of at least 4 members (excludes halogenated alkanes) is 3. The van der Waals surface area contributed by atoms with E-state index < -0.39 is 0 Å². The molecule has 19 heavy (non-hydrogen) atoms. The second-order valence-electron chi connectivity index (χ2n) is 2.41. The van der Waals surface area contributed by atoms with Crippen LogP contribution in [0.3, 0.4) is 0 Å². The highest BCUT2D eigenvalue weighted by molar-refractivity contribution is 8.01. The Labute approximate surface area is 131 Å². The molecule has 0 aliphatic heterocycles. The molecule has 0 rings (SSSR count). The molecule has 0 atom stereocenters. The zero-order valence-corrected chi connectivity index (χ0v) is 17.2. The lowest BCUT2D eigenvalue weighted by Gasteiger charge is -1.86. The Balaban J connectivity index is -0.0000000294. The summed E-state index contributed by atoms with van der Waals surface area (Å²) in [5, 5.41) is 2.04. The molecule has 0 saturated heterocycles. The maximum atomic E-state index is 2.23. The van der Waals surface area contributed by atoms with E-state index in [0.717, 1.165) is 0 Å². The molecule has 0 aliphatic rings. The molecule has 0 radical (unpaired) electrons. The van der Waals surface area contributed by atoms with Gasteiger partial charge in [0, 0.05) is 0 Å². The minimum atomic E-state index is 1.36. The Morgan fingerprint density at radius 1 is 0.684 bits per heavy atom. The van der Waals surface area contributed by atoms with Crippen molar-refractivity contribution in [2.24, 2.45) is 0 Å². The predicted molar refractivity (Wildman–Crippen MR) is 104 cm³/mol. The molecule has 124 valence electrons. The zero-order chi connectivity index (χ0) is 16.9. The van der Waals surface area contributed by atoms with Crippen molar-refractivity contribution in [1.82, 2.24) is 0 Å². The molecule has 0 heterocycles. The second kappa shape index (κ2) is 105. The topological polar surface area (TPSA) is 0 Å². The van der Waals surface area contributed by atoms with Gasteiger partial charge in [0.05, 0.1) is 0 Å². The van der Waals surface area contributed by atoms with Gasteiger partial charge in [-0.25, -0.2) is 0 Å². The summed E-state index contributed by atoms with van der Waals surface area (Å²) in [7, 11) is 0. The summed E-state index contributed by atoms with van der Waals surface area (Å²) >= 11 is 1.72. The first kappa shape index (κ1) is 36.5. The maximum absolute atomic E-state index is 2.23. The third-order valence-corrected chi connectivity index (χ3v) is 1.77. The first-order valence-electron chi connectivity index (χ1n) is 8.47. The minimum absolute atomic E-state index is 1.36. The van der Waals surface area contributed by atoms with Crippen LogP contribution < -0.4 is 0 Å². The Kier molecular flexibility index (Phi) is 202. The number of hydrogen-bond donors (Lipinski definition) is 0. The van der Waals surface area contributed by atoms with Crippen molar-refractivity contribution in [2.45, 2.75) is 102 Å². The Morgan fingerprint density at radius 2 is 0.947 bits per heavy atom. The quantitative estimate of drug-likeness (QED) is 0.468. The lowest BCUT2D eigenvalue weighted by atomic mass is 10.2. The highest BCUT2D eigenvalue weighted by atomic mass is 32.2. The van der Waals surface area contributed by atoms with Gasteiger partial charge in [0.15, 0.2) is 0 Å². The van der Waals surface area contributed by atoms with E-state index in [1.807, 2.05) is 80.1 Å². The summed E-state index contributed by atoms with van der Waals surface area (Å²) in [4.78, 5) is 0. The van der Waals surface area contributed by atoms with E-state index >= 15 is 0 Å². The van der Waals surface area contributed by atoms with Gasteiger partial charge in [0.1, 0.15) is 0 Å². The molecule has 1 heteroatoms. The Morgan fingerprint density at radius 3 is 1.00 bits per heavy atom. The monoisotopic (exact) mass is 294 g/mol. The van der Waals surface area contributed by atoms with Crippen molar-refractivity contribution in [1.29, 1.82) is 0 Å². The van der Waals surface area contributed by atoms with Crippen LogP contribution in [0.25, 0.3) is 0 Å². The van der Waals surface area contributed by atoms with Crippen LogP contribution >= 0.6 is 11.8 Å². The molecule has 0 aliphatic carbocycles. The Bertz CT molecular complexity index is 64.1. The molecular weight excluding hydrogens is 248 g/mol. The van der Waals surface area contributed by atoms with Gasteiger partial charge in [-0.2, -0.15) is 0 Å². The third kappa shape index (κ3) is 181. The van der Waals surface area contributed by atoms with Gasteiger partial charge in [-0.05, 0) is 18.6 Å². The van der Waals surface area contributed by atoms with Crippen LogP contribution in [0.15, 0.2) is 11.5 Å². The normalized spacial score (nSPS) is 6.74. The number of thioether (sulfide) groups is 1. The van der Waals surface area contributed by atoms with Crippen molar-refractivity contribution in [3.8, 4) is 0 Å². The predicted octanol–water partition coefficient (Wildman–Crippen LogP) is 8.57. The van der Waals surface area contributed by atoms with Crippen LogP contribution in [0, 0.1) is 0 Å². The molecule has 0 spiro atoms. The fraction of sp³-hybridized carbons (Fsp3) is 0.889. The van der Waals surface area contributed by atoms with Crippen LogP contribution in [0.1, 0.15) is 102 Å². The van der Waals surface area contributed by atoms with Gasteiger partial charge in [0.25, 0.3) is 0 Å². The van der Waals surface area contributed by atoms with E-state index in [1.54, 1.807) is 11.8 Å². The molecule has 0 aromatic rings. The summed E-state index contributed by atoms with van der Waals surface area (Å²) in [6, 6.07) is 0. The van der Waals surface area contributed by atoms with Crippen molar-refractivity contribution >= 4 is 11.8 Å². The van der Waals surface area contributed by atoms with E-state index in [9.17, 15) is 0 Å². The molecule has 0 bridgehead atoms. The molecule has 0 aromatic carbocycles. The lowest BCUT2D eigenvalue weighted by molar-refractivity contribution is 0.702. The van der Waals surface area contributed by atoms with Crippen LogP contribution in [-0.4, -0.2) is 6.26 Å². The van der Waals surface area contributed by atoms with Gasteiger partial charge in [-0.1, -0.05) is 101 Å². The van der Waals surface area contributed by atoms with Crippen LogP contribution in [0.4, 0.5) is 0 Å². The largest absolute Gasteiger partial charge is 0.138 e. The summed E-state index contributed by atoms with van der Waals surface area (Å²) in [6.07, 6.45) is 9.60. The summed E-state index contributed by atoms with van der Waals surface area (Å²) < 4.78 is 0. The van der Waals surface area contributed by atoms with Crippen molar-refractivity contribution in [3.05, 3.63) is 11.5 Å². The van der Waals surface area contributed by atoms with Crippen LogP contribution in [0.5, 0.6) is 0 Å². The smallest absolute Gasteiger partial charge is 0.0142 e. The van der Waals surface area contributed by atoms with E-state index in [2.05, 4.69) is 13.8 Å². The summed E-state index contributed by atoms with van der Waals surface area (Å²) in [5.74, 6) is 0. The second-order valence-corrected chi connectivity index (χ2v) is 3.16. The van der Waals surface area contributed by atoms with Gasteiger partial charge in [-0.15, -0.1) is 11.8 Å². The zero-order valence-electron chi connectivity index (χ0n) is 16.4. The third-order valence-electron chi connectivity index (χ3n) is 1.23. The first-order chi connectivity index (χ1) is 9.33. The molecule has 0 fully saturated rings. The number of rotatable bonds is 4. The highest BCUT2D eigenvalue weighted by Crippen LogP contribution is 1.95. The number of hydrogen-bond acceptors (Lipinski definition) is 1. The van der Waals surface area contributed by atoms with Gasteiger partial charge < -0.3 is 0 Å². The van der Waals surface area contributed by atoms with Crippen LogP contribution in [0.2, 0.25) is 0 Å². The molecule has 0 nitrogen and oxygen atoms in total. The van der Waals surface area contributed by atoms with Gasteiger partial charge in [0.2, 0.25) is 0 Å². The lowest BCUT2D eigenvalue weighted by Crippen LogP contribution is -1.66. The molecule has 0 unspecified atom stereocenters. The average Bonchev–Trinajstić information content (AvgIpc) is 2.54. The standard InChI is InChI=1S/C6H14.C4H8S.4C2H6/c1-3-5-6-4-2;1-3-4-5-2;4*1-2/h3-6H2,1-2H3;3-4H,1-2H3;4*1-2H3/b;4-3-;;;;. The fourth-order valence-corrected chi connectivity index (χ4v) is 0.908. The van der Waals surface area contributed by atoms with E-state index in [4.69, 9.17) is 0 Å². The number of allylic oxidation sites excluding steroid dienone is 1. The maximum Gasteiger partial charge on any atom is -0.0142 e. The summed E-state index contributed by atoms with van der Waals surface area (Å²) in [6.45, 7) is 22.5. The Hall–Kier alpha value is 0.0900. The van der Waals surface area contributed by atoms with Gasteiger partial charge >= 0.3 is 0 Å². The average molecular weight is 295 g/mol. The summed E-state index contributed by atoms with van der Waals surface area (Å²) in [5.41, 5.74) is 0. The van der Waals surface area contributed by atoms with Gasteiger partial charge in [-0.3, -0.25) is 0 Å². The molecule has 0 N–H and O–H groups in total. The van der Waals surface area contributed by atoms with E-state index in [-0.39, 0.29) is 0 Å². The molecule has 0 saturated carbocycles. The molecular formula is C18H46S. The SMILES string of the molecule is C/C=C\SC.CC.CC.CC.CC.CCCCCC. The highest BCUT2D eigenvalue weighted by Gasteiger charge is 1.75. The minimum Gasteiger partial charge on any atom is -0.138 e. The van der Waals surface area contributed by atoms with Crippen molar-refractivity contribution in [2.75, 3.05) is 6.26 Å². The first-order valence-corrected chi connectivity index (χ1v) is 9.76. The van der Waals surface area contributed by atoms with Crippen molar-refractivity contribution < 1.29 is 0 Å².